The molecule has 0 saturated carbocycles. The van der Waals surface area contributed by atoms with E-state index < -0.39 is 0 Å². The van der Waals surface area contributed by atoms with Gasteiger partial charge in [-0.3, -0.25) is 14.5 Å². The second-order valence-electron chi connectivity index (χ2n) is 7.55. The van der Waals surface area contributed by atoms with Gasteiger partial charge < -0.3 is 9.80 Å². The molecule has 4 heterocycles. The number of amides is 1. The lowest BCUT2D eigenvalue weighted by Gasteiger charge is -2.35. The van der Waals surface area contributed by atoms with E-state index in [0.717, 1.165) is 30.8 Å². The molecule has 2 aliphatic heterocycles. The van der Waals surface area contributed by atoms with E-state index in [1.807, 2.05) is 30.2 Å². The van der Waals surface area contributed by atoms with Crippen LogP contribution >= 0.6 is 0 Å². The Morgan fingerprint density at radius 1 is 1.23 bits per heavy atom. The summed E-state index contributed by atoms with van der Waals surface area (Å²) in [4.78, 5) is 21.7. The molecule has 0 radical (unpaired) electrons. The molecular weight excluding hydrogens is 326 g/mol. The summed E-state index contributed by atoms with van der Waals surface area (Å²) < 4.78 is 2.13. The SMILES string of the molecule is Cc1cncc(C(=O)N2Cc3ccnn3[C@H](CCN3CCCCC3)C2)c1. The van der Waals surface area contributed by atoms with Gasteiger partial charge in [0.25, 0.3) is 5.91 Å². The fourth-order valence-corrected chi connectivity index (χ4v) is 4.12. The molecule has 0 bridgehead atoms. The molecule has 6 heteroatoms. The normalized spacial score (nSPS) is 20.8. The number of carbonyl (C=O) groups is 1. The highest BCUT2D eigenvalue weighted by Gasteiger charge is 2.29. The van der Waals surface area contributed by atoms with E-state index in [9.17, 15) is 4.79 Å². The van der Waals surface area contributed by atoms with Crippen molar-refractivity contribution >= 4 is 5.91 Å². The summed E-state index contributed by atoms with van der Waals surface area (Å²) in [6.45, 7) is 6.79. The molecule has 2 aromatic heterocycles. The summed E-state index contributed by atoms with van der Waals surface area (Å²) in [5.41, 5.74) is 2.81. The third-order valence-electron chi connectivity index (χ3n) is 5.52. The van der Waals surface area contributed by atoms with Crippen molar-refractivity contribution in [1.82, 2.24) is 24.6 Å². The quantitative estimate of drug-likeness (QED) is 0.848. The zero-order chi connectivity index (χ0) is 17.9. The number of pyridine rings is 1. The number of carbonyl (C=O) groups excluding carboxylic acids is 1. The molecule has 1 amide bonds. The van der Waals surface area contributed by atoms with Crippen molar-refractivity contribution in [2.24, 2.45) is 0 Å². The highest BCUT2D eigenvalue weighted by Crippen LogP contribution is 2.25. The van der Waals surface area contributed by atoms with Gasteiger partial charge in [0.05, 0.1) is 23.8 Å². The zero-order valence-electron chi connectivity index (χ0n) is 15.5. The highest BCUT2D eigenvalue weighted by molar-refractivity contribution is 5.94. The third-order valence-corrected chi connectivity index (χ3v) is 5.52. The summed E-state index contributed by atoms with van der Waals surface area (Å²) >= 11 is 0. The lowest BCUT2D eigenvalue weighted by molar-refractivity contribution is 0.0654. The summed E-state index contributed by atoms with van der Waals surface area (Å²) in [5.74, 6) is 0.0663. The van der Waals surface area contributed by atoms with Gasteiger partial charge >= 0.3 is 0 Å². The van der Waals surface area contributed by atoms with Gasteiger partial charge in [-0.15, -0.1) is 0 Å². The van der Waals surface area contributed by atoms with Gasteiger partial charge in [0.2, 0.25) is 0 Å². The Labute approximate surface area is 154 Å². The van der Waals surface area contributed by atoms with Crippen molar-refractivity contribution in [3.8, 4) is 0 Å². The summed E-state index contributed by atoms with van der Waals surface area (Å²) in [6.07, 6.45) is 10.3. The molecule has 0 unspecified atom stereocenters. The minimum absolute atomic E-state index is 0.0663. The molecule has 0 aromatic carbocycles. The number of aromatic nitrogens is 3. The summed E-state index contributed by atoms with van der Waals surface area (Å²) in [6, 6.07) is 4.20. The maximum Gasteiger partial charge on any atom is 0.255 e. The molecule has 2 aromatic rings. The molecule has 2 aliphatic rings. The molecule has 138 valence electrons. The smallest absolute Gasteiger partial charge is 0.255 e. The fourth-order valence-electron chi connectivity index (χ4n) is 4.12. The van der Waals surface area contributed by atoms with Crippen molar-refractivity contribution in [2.75, 3.05) is 26.2 Å². The van der Waals surface area contributed by atoms with Crippen LogP contribution in [0.25, 0.3) is 0 Å². The van der Waals surface area contributed by atoms with Crippen LogP contribution in [0, 0.1) is 6.92 Å². The highest BCUT2D eigenvalue weighted by atomic mass is 16.2. The first kappa shape index (κ1) is 17.2. The van der Waals surface area contributed by atoms with Crippen molar-refractivity contribution < 1.29 is 4.79 Å². The van der Waals surface area contributed by atoms with Gasteiger partial charge in [-0.25, -0.2) is 0 Å². The van der Waals surface area contributed by atoms with E-state index in [2.05, 4.69) is 19.7 Å². The average Bonchev–Trinajstić information content (AvgIpc) is 3.15. The second-order valence-corrected chi connectivity index (χ2v) is 7.55. The molecular formula is C20H27N5O. The monoisotopic (exact) mass is 353 g/mol. The molecule has 0 N–H and O–H groups in total. The lowest BCUT2D eigenvalue weighted by atomic mass is 10.1. The molecule has 26 heavy (non-hydrogen) atoms. The third kappa shape index (κ3) is 3.65. The maximum atomic E-state index is 13.0. The second kappa shape index (κ2) is 7.58. The van der Waals surface area contributed by atoms with E-state index in [1.165, 1.54) is 32.4 Å². The first-order chi connectivity index (χ1) is 12.7. The number of nitrogens with zero attached hydrogens (tertiary/aromatic N) is 5. The van der Waals surface area contributed by atoms with Gasteiger partial charge in [-0.05, 0) is 57.0 Å². The Bertz CT molecular complexity index is 765. The van der Waals surface area contributed by atoms with Crippen LogP contribution in [-0.4, -0.2) is 56.7 Å². The van der Waals surface area contributed by atoms with E-state index >= 15 is 0 Å². The van der Waals surface area contributed by atoms with Crippen molar-refractivity contribution in [1.29, 1.82) is 0 Å². The Morgan fingerprint density at radius 3 is 2.88 bits per heavy atom. The maximum absolute atomic E-state index is 13.0. The Kier molecular flexibility index (Phi) is 5.02. The van der Waals surface area contributed by atoms with Crippen LogP contribution in [0.3, 0.4) is 0 Å². The van der Waals surface area contributed by atoms with Crippen molar-refractivity contribution in [3.05, 3.63) is 47.5 Å². The van der Waals surface area contributed by atoms with Crippen LogP contribution in [0.5, 0.6) is 0 Å². The molecule has 0 spiro atoms. The van der Waals surface area contributed by atoms with Crippen LogP contribution in [0.2, 0.25) is 0 Å². The minimum Gasteiger partial charge on any atom is -0.331 e. The summed E-state index contributed by atoms with van der Waals surface area (Å²) in [5, 5.41) is 4.53. The van der Waals surface area contributed by atoms with Gasteiger partial charge in [-0.2, -0.15) is 5.10 Å². The number of hydrogen-bond donors (Lipinski definition) is 0. The van der Waals surface area contributed by atoms with E-state index in [4.69, 9.17) is 0 Å². The Hall–Kier alpha value is -2.21. The van der Waals surface area contributed by atoms with Crippen LogP contribution < -0.4 is 0 Å². The number of likely N-dealkylation sites (tertiary alicyclic amines) is 1. The lowest BCUT2D eigenvalue weighted by Crippen LogP contribution is -2.42. The zero-order valence-corrected chi connectivity index (χ0v) is 15.5. The fraction of sp³-hybridized carbons (Fsp3) is 0.550. The van der Waals surface area contributed by atoms with E-state index in [1.54, 1.807) is 12.4 Å². The first-order valence-electron chi connectivity index (χ1n) is 9.66. The number of fused-ring (bicyclic) bond motifs is 1. The molecule has 6 nitrogen and oxygen atoms in total. The first-order valence-corrected chi connectivity index (χ1v) is 9.66. The predicted octanol–water partition coefficient (Wildman–Crippen LogP) is 2.66. The van der Waals surface area contributed by atoms with Crippen molar-refractivity contribution in [3.63, 3.8) is 0 Å². The average molecular weight is 353 g/mol. The van der Waals surface area contributed by atoms with E-state index in [0.29, 0.717) is 12.1 Å². The molecule has 4 rings (SSSR count). The van der Waals surface area contributed by atoms with E-state index in [-0.39, 0.29) is 11.9 Å². The van der Waals surface area contributed by atoms with Gasteiger partial charge in [0.1, 0.15) is 0 Å². The van der Waals surface area contributed by atoms with Gasteiger partial charge in [-0.1, -0.05) is 6.42 Å². The van der Waals surface area contributed by atoms with Gasteiger partial charge in [0.15, 0.2) is 0 Å². The Balaban J connectivity index is 1.47. The predicted molar refractivity (Wildman–Crippen MR) is 99.9 cm³/mol. The standard InChI is InChI=1S/C20H27N5O/c1-16-11-17(13-21-12-16)20(26)24-14-18-5-7-22-25(18)19(15-24)6-10-23-8-3-2-4-9-23/h5,7,11-13,19H,2-4,6,8-10,14-15H2,1H3/t19-/m1/s1. The number of hydrogen-bond acceptors (Lipinski definition) is 4. The van der Waals surface area contributed by atoms with Crippen LogP contribution in [0.1, 0.15) is 53.3 Å². The number of aryl methyl sites for hydroxylation is 1. The Morgan fingerprint density at radius 2 is 2.08 bits per heavy atom. The number of rotatable bonds is 4. The minimum atomic E-state index is 0.0663. The van der Waals surface area contributed by atoms with Crippen LogP contribution in [0.4, 0.5) is 0 Å². The molecule has 0 aliphatic carbocycles. The van der Waals surface area contributed by atoms with Crippen molar-refractivity contribution in [2.45, 2.75) is 45.2 Å². The largest absolute Gasteiger partial charge is 0.331 e. The molecule has 1 fully saturated rings. The molecule has 1 saturated heterocycles. The van der Waals surface area contributed by atoms with Crippen LogP contribution in [0.15, 0.2) is 30.7 Å². The van der Waals surface area contributed by atoms with Gasteiger partial charge in [0, 0.05) is 31.7 Å². The van der Waals surface area contributed by atoms with Crippen LogP contribution in [-0.2, 0) is 6.54 Å². The topological polar surface area (TPSA) is 54.3 Å². The number of piperidine rings is 1. The summed E-state index contributed by atoms with van der Waals surface area (Å²) in [7, 11) is 0. The molecule has 1 atom stereocenters.